The molecule has 0 aromatic carbocycles. The lowest BCUT2D eigenvalue weighted by atomic mass is 10.3. The molecular weight excluding hydrogens is 240 g/mol. The Hall–Kier alpha value is -1.43. The van der Waals surface area contributed by atoms with Gasteiger partial charge in [-0.1, -0.05) is 13.8 Å². The molecule has 0 radical (unpaired) electrons. The van der Waals surface area contributed by atoms with Gasteiger partial charge in [0, 0.05) is 32.2 Å². The molecule has 1 unspecified atom stereocenters. The van der Waals surface area contributed by atoms with E-state index in [1.807, 2.05) is 0 Å². The van der Waals surface area contributed by atoms with Crippen molar-refractivity contribution >= 4 is 11.8 Å². The maximum Gasteiger partial charge on any atom is 0.247 e. The van der Waals surface area contributed by atoms with Crippen LogP contribution < -0.4 is 10.2 Å². The Kier molecular flexibility index (Phi) is 4.90. The third-order valence-corrected chi connectivity index (χ3v) is 3.66. The number of nitrogens with one attached hydrogen (secondary N) is 1. The number of hydrogen-bond donors (Lipinski definition) is 1. The second-order valence-corrected chi connectivity index (χ2v) is 5.02. The van der Waals surface area contributed by atoms with Crippen LogP contribution in [0.4, 0.5) is 11.8 Å². The molecule has 2 rings (SSSR count). The Balaban J connectivity index is 1.99. The largest absolute Gasteiger partial charge is 0.366 e. The Morgan fingerprint density at radius 2 is 2.00 bits per heavy atom. The van der Waals surface area contributed by atoms with Gasteiger partial charge in [0.25, 0.3) is 0 Å². The van der Waals surface area contributed by atoms with E-state index >= 15 is 0 Å². The van der Waals surface area contributed by atoms with Crippen molar-refractivity contribution in [3.63, 3.8) is 0 Å². The molecule has 1 fully saturated rings. The Morgan fingerprint density at radius 1 is 1.26 bits per heavy atom. The molecule has 0 bridgehead atoms. The molecule has 0 saturated carbocycles. The standard InChI is InChI=1S/C13H24N6/c1-4-11(3)15-12-10-14-17-13(16-12)19-8-6-18(5-2)7-9-19/h10-11H,4-9H2,1-3H3,(H,15,16,17). The van der Waals surface area contributed by atoms with Crippen LogP contribution in [0.2, 0.25) is 0 Å². The minimum absolute atomic E-state index is 0.404. The first-order valence-corrected chi connectivity index (χ1v) is 7.16. The van der Waals surface area contributed by atoms with E-state index in [4.69, 9.17) is 0 Å². The van der Waals surface area contributed by atoms with Gasteiger partial charge in [0.1, 0.15) is 0 Å². The zero-order valence-electron chi connectivity index (χ0n) is 12.1. The van der Waals surface area contributed by atoms with Crippen molar-refractivity contribution < 1.29 is 0 Å². The summed E-state index contributed by atoms with van der Waals surface area (Å²) >= 11 is 0. The molecule has 19 heavy (non-hydrogen) atoms. The van der Waals surface area contributed by atoms with Crippen LogP contribution in [0, 0.1) is 0 Å². The number of aromatic nitrogens is 3. The lowest BCUT2D eigenvalue weighted by Crippen LogP contribution is -2.46. The summed E-state index contributed by atoms with van der Waals surface area (Å²) in [6, 6.07) is 0.404. The summed E-state index contributed by atoms with van der Waals surface area (Å²) < 4.78 is 0. The van der Waals surface area contributed by atoms with Gasteiger partial charge >= 0.3 is 0 Å². The van der Waals surface area contributed by atoms with Gasteiger partial charge in [0.2, 0.25) is 5.95 Å². The molecule has 0 amide bonds. The zero-order chi connectivity index (χ0) is 13.7. The zero-order valence-corrected chi connectivity index (χ0v) is 12.1. The lowest BCUT2D eigenvalue weighted by Gasteiger charge is -2.33. The van der Waals surface area contributed by atoms with E-state index in [0.29, 0.717) is 6.04 Å². The fourth-order valence-electron chi connectivity index (χ4n) is 2.12. The maximum absolute atomic E-state index is 4.56. The van der Waals surface area contributed by atoms with Crippen molar-refractivity contribution in [1.29, 1.82) is 0 Å². The average molecular weight is 264 g/mol. The van der Waals surface area contributed by atoms with Crippen molar-refractivity contribution in [2.45, 2.75) is 33.2 Å². The molecule has 1 atom stereocenters. The number of anilines is 2. The molecule has 106 valence electrons. The average Bonchev–Trinajstić information content (AvgIpc) is 2.47. The number of rotatable bonds is 5. The summed E-state index contributed by atoms with van der Waals surface area (Å²) in [6.45, 7) is 11.7. The van der Waals surface area contributed by atoms with E-state index in [-0.39, 0.29) is 0 Å². The van der Waals surface area contributed by atoms with Gasteiger partial charge in [-0.05, 0) is 19.9 Å². The van der Waals surface area contributed by atoms with Gasteiger partial charge in [-0.15, -0.1) is 5.10 Å². The van der Waals surface area contributed by atoms with E-state index in [1.54, 1.807) is 6.20 Å². The highest BCUT2D eigenvalue weighted by molar-refractivity contribution is 5.39. The van der Waals surface area contributed by atoms with Crippen molar-refractivity contribution in [3.05, 3.63) is 6.20 Å². The van der Waals surface area contributed by atoms with Crippen molar-refractivity contribution in [2.24, 2.45) is 0 Å². The number of hydrogen-bond acceptors (Lipinski definition) is 6. The minimum Gasteiger partial charge on any atom is -0.366 e. The fraction of sp³-hybridized carbons (Fsp3) is 0.769. The summed E-state index contributed by atoms with van der Waals surface area (Å²) in [5.41, 5.74) is 0. The highest BCUT2D eigenvalue weighted by Crippen LogP contribution is 2.13. The Morgan fingerprint density at radius 3 is 2.63 bits per heavy atom. The fourth-order valence-corrected chi connectivity index (χ4v) is 2.12. The molecule has 0 spiro atoms. The monoisotopic (exact) mass is 264 g/mol. The summed E-state index contributed by atoms with van der Waals surface area (Å²) in [7, 11) is 0. The van der Waals surface area contributed by atoms with Gasteiger partial charge < -0.3 is 15.1 Å². The molecule has 2 heterocycles. The summed E-state index contributed by atoms with van der Waals surface area (Å²) in [5, 5.41) is 11.5. The van der Waals surface area contributed by atoms with E-state index in [1.165, 1.54) is 0 Å². The van der Waals surface area contributed by atoms with Crippen LogP contribution in [-0.2, 0) is 0 Å². The topological polar surface area (TPSA) is 57.2 Å². The highest BCUT2D eigenvalue weighted by atomic mass is 15.4. The minimum atomic E-state index is 0.404. The van der Waals surface area contributed by atoms with E-state index in [9.17, 15) is 0 Å². The third kappa shape index (κ3) is 3.76. The van der Waals surface area contributed by atoms with Crippen molar-refractivity contribution in [1.82, 2.24) is 20.1 Å². The molecule has 1 aliphatic rings. The SMILES string of the molecule is CCC(C)Nc1cnnc(N2CCN(CC)CC2)n1. The summed E-state index contributed by atoms with van der Waals surface area (Å²) in [5.74, 6) is 1.56. The summed E-state index contributed by atoms with van der Waals surface area (Å²) in [6.07, 6.45) is 2.76. The lowest BCUT2D eigenvalue weighted by molar-refractivity contribution is 0.269. The second kappa shape index (κ2) is 6.65. The smallest absolute Gasteiger partial charge is 0.247 e. The predicted octanol–water partition coefficient (Wildman–Crippen LogP) is 1.22. The van der Waals surface area contributed by atoms with Crippen LogP contribution >= 0.6 is 0 Å². The van der Waals surface area contributed by atoms with Crippen molar-refractivity contribution in [2.75, 3.05) is 42.9 Å². The molecule has 0 aliphatic carbocycles. The van der Waals surface area contributed by atoms with Crippen LogP contribution in [0.15, 0.2) is 6.20 Å². The molecule has 6 heteroatoms. The van der Waals surface area contributed by atoms with Gasteiger partial charge in [-0.3, -0.25) is 0 Å². The number of nitrogens with zero attached hydrogens (tertiary/aromatic N) is 5. The first-order chi connectivity index (χ1) is 9.22. The van der Waals surface area contributed by atoms with Crippen LogP contribution in [0.1, 0.15) is 27.2 Å². The summed E-state index contributed by atoms with van der Waals surface area (Å²) in [4.78, 5) is 9.20. The predicted molar refractivity (Wildman–Crippen MR) is 77.5 cm³/mol. The Bertz CT molecular complexity index is 388. The molecule has 1 saturated heterocycles. The molecular formula is C13H24N6. The van der Waals surface area contributed by atoms with E-state index in [0.717, 1.165) is 50.9 Å². The van der Waals surface area contributed by atoms with Gasteiger partial charge in [0.05, 0.1) is 6.20 Å². The van der Waals surface area contributed by atoms with E-state index < -0.39 is 0 Å². The number of likely N-dealkylation sites (N-methyl/N-ethyl adjacent to an activating group) is 1. The first-order valence-electron chi connectivity index (χ1n) is 7.16. The Labute approximate surface area is 115 Å². The van der Waals surface area contributed by atoms with Gasteiger partial charge in [0.15, 0.2) is 5.82 Å². The first kappa shape index (κ1) is 14.0. The van der Waals surface area contributed by atoms with Gasteiger partial charge in [-0.25, -0.2) is 0 Å². The molecule has 1 aromatic heterocycles. The molecule has 1 N–H and O–H groups in total. The van der Waals surface area contributed by atoms with Gasteiger partial charge in [-0.2, -0.15) is 10.1 Å². The quantitative estimate of drug-likeness (QED) is 0.863. The van der Waals surface area contributed by atoms with Crippen molar-refractivity contribution in [3.8, 4) is 0 Å². The normalized spacial score (nSPS) is 18.4. The molecule has 1 aliphatic heterocycles. The van der Waals surface area contributed by atoms with E-state index in [2.05, 4.69) is 51.1 Å². The van der Waals surface area contributed by atoms with Crippen LogP contribution in [0.3, 0.4) is 0 Å². The highest BCUT2D eigenvalue weighted by Gasteiger charge is 2.18. The maximum atomic E-state index is 4.56. The van der Waals surface area contributed by atoms with Crippen LogP contribution in [0.5, 0.6) is 0 Å². The van der Waals surface area contributed by atoms with Crippen LogP contribution in [0.25, 0.3) is 0 Å². The molecule has 6 nitrogen and oxygen atoms in total. The third-order valence-electron chi connectivity index (χ3n) is 3.66. The van der Waals surface area contributed by atoms with Crippen LogP contribution in [-0.4, -0.2) is 58.8 Å². The second-order valence-electron chi connectivity index (χ2n) is 5.02. The molecule has 1 aromatic rings. The number of piperazine rings is 1.